The van der Waals surface area contributed by atoms with Gasteiger partial charge in [-0.3, -0.25) is 0 Å². The molecule has 3 heteroatoms. The summed E-state index contributed by atoms with van der Waals surface area (Å²) in [5.41, 5.74) is 8.90. The Bertz CT molecular complexity index is 2070. The van der Waals surface area contributed by atoms with Crippen molar-refractivity contribution in [1.82, 2.24) is 0 Å². The van der Waals surface area contributed by atoms with E-state index in [4.69, 9.17) is 8.83 Å². The maximum absolute atomic E-state index is 6.58. The van der Waals surface area contributed by atoms with Crippen LogP contribution in [-0.4, -0.2) is 0 Å². The highest BCUT2D eigenvalue weighted by Gasteiger charge is 2.21. The molecule has 0 radical (unpaired) electrons. The summed E-state index contributed by atoms with van der Waals surface area (Å²) in [4.78, 5) is 2.29. The quantitative estimate of drug-likeness (QED) is 0.240. The second-order valence-electron chi connectivity index (χ2n) is 9.75. The summed E-state index contributed by atoms with van der Waals surface area (Å²) in [7, 11) is 0. The van der Waals surface area contributed by atoms with Gasteiger partial charge in [-0.25, -0.2) is 0 Å². The Morgan fingerprint density at radius 3 is 1.77 bits per heavy atom. The van der Waals surface area contributed by atoms with Crippen LogP contribution in [-0.2, 0) is 0 Å². The molecule has 0 aliphatic heterocycles. The Morgan fingerprint density at radius 1 is 0.436 bits per heavy atom. The van der Waals surface area contributed by atoms with E-state index in [1.165, 1.54) is 0 Å². The fraction of sp³-hybridized carbons (Fsp3) is 0. The van der Waals surface area contributed by atoms with Crippen molar-refractivity contribution in [3.05, 3.63) is 140 Å². The van der Waals surface area contributed by atoms with Gasteiger partial charge in [0.05, 0.1) is 11.1 Å². The molecule has 3 nitrogen and oxygen atoms in total. The van der Waals surface area contributed by atoms with Crippen LogP contribution in [0, 0.1) is 0 Å². The lowest BCUT2D eigenvalue weighted by atomic mass is 10.0. The van der Waals surface area contributed by atoms with Gasteiger partial charge in [0.1, 0.15) is 22.3 Å². The first-order chi connectivity index (χ1) is 19.3. The average molecular weight is 502 g/mol. The zero-order chi connectivity index (χ0) is 25.8. The number of benzene rings is 6. The van der Waals surface area contributed by atoms with Crippen LogP contribution in [0.3, 0.4) is 0 Å². The maximum atomic E-state index is 6.58. The van der Waals surface area contributed by atoms with Gasteiger partial charge in [-0.1, -0.05) is 91.0 Å². The van der Waals surface area contributed by atoms with E-state index in [1.807, 2.05) is 24.3 Å². The van der Waals surface area contributed by atoms with Crippen molar-refractivity contribution in [2.75, 3.05) is 4.90 Å². The molecule has 6 aromatic carbocycles. The van der Waals surface area contributed by atoms with Crippen molar-refractivity contribution >= 4 is 60.9 Å². The first-order valence-electron chi connectivity index (χ1n) is 13.1. The lowest BCUT2D eigenvalue weighted by molar-refractivity contribution is 0.664. The Kier molecular flexibility index (Phi) is 4.82. The van der Waals surface area contributed by atoms with Gasteiger partial charge < -0.3 is 13.7 Å². The van der Waals surface area contributed by atoms with Gasteiger partial charge in [0, 0.05) is 33.1 Å². The van der Waals surface area contributed by atoms with Gasteiger partial charge in [0.15, 0.2) is 0 Å². The molecule has 8 aromatic rings. The number of hydrogen-bond acceptors (Lipinski definition) is 3. The molecule has 0 bridgehead atoms. The number of para-hydroxylation sites is 3. The predicted molar refractivity (Wildman–Crippen MR) is 161 cm³/mol. The number of rotatable bonds is 4. The van der Waals surface area contributed by atoms with Crippen molar-refractivity contribution in [1.29, 1.82) is 0 Å². The largest absolute Gasteiger partial charge is 0.456 e. The second kappa shape index (κ2) is 8.64. The summed E-state index contributed by atoms with van der Waals surface area (Å²) in [5, 5.41) is 4.24. The lowest BCUT2D eigenvalue weighted by Gasteiger charge is -2.26. The van der Waals surface area contributed by atoms with E-state index in [2.05, 4.69) is 120 Å². The van der Waals surface area contributed by atoms with E-state index in [1.54, 1.807) is 0 Å². The molecule has 2 heterocycles. The van der Waals surface area contributed by atoms with Gasteiger partial charge in [-0.15, -0.1) is 0 Å². The molecular weight excluding hydrogens is 478 g/mol. The molecule has 0 atom stereocenters. The van der Waals surface area contributed by atoms with Crippen LogP contribution in [0.2, 0.25) is 0 Å². The molecule has 0 aliphatic carbocycles. The molecule has 0 saturated carbocycles. The number of furan rings is 2. The van der Waals surface area contributed by atoms with E-state index < -0.39 is 0 Å². The highest BCUT2D eigenvalue weighted by molar-refractivity contribution is 6.19. The number of hydrogen-bond donors (Lipinski definition) is 0. The molecule has 8 rings (SSSR count). The van der Waals surface area contributed by atoms with Crippen LogP contribution in [0.1, 0.15) is 0 Å². The van der Waals surface area contributed by atoms with Crippen molar-refractivity contribution in [3.8, 4) is 11.1 Å². The summed E-state index contributed by atoms with van der Waals surface area (Å²) < 4.78 is 13.1. The van der Waals surface area contributed by atoms with Gasteiger partial charge in [0.25, 0.3) is 0 Å². The molecule has 0 spiro atoms. The lowest BCUT2D eigenvalue weighted by Crippen LogP contribution is -2.09. The molecule has 39 heavy (non-hydrogen) atoms. The summed E-state index contributed by atoms with van der Waals surface area (Å²) in [5.74, 6) is 0. The van der Waals surface area contributed by atoms with Crippen molar-refractivity contribution in [2.24, 2.45) is 0 Å². The maximum Gasteiger partial charge on any atom is 0.143 e. The van der Waals surface area contributed by atoms with Crippen molar-refractivity contribution in [2.45, 2.75) is 0 Å². The average Bonchev–Trinajstić information content (AvgIpc) is 3.55. The summed E-state index contributed by atoms with van der Waals surface area (Å²) in [6.45, 7) is 0. The minimum atomic E-state index is 0.846. The van der Waals surface area contributed by atoms with E-state index >= 15 is 0 Å². The van der Waals surface area contributed by atoms with Crippen LogP contribution in [0.5, 0.6) is 0 Å². The fourth-order valence-corrected chi connectivity index (χ4v) is 5.71. The summed E-state index contributed by atoms with van der Waals surface area (Å²) >= 11 is 0. The first kappa shape index (κ1) is 21.8. The normalized spacial score (nSPS) is 11.6. The number of nitrogens with zero attached hydrogens (tertiary/aromatic N) is 1. The standard InChI is InChI=1S/C36H23NO2/c1-4-12-24(13-5-1)27-18-10-19-28-29-22-34-30(23-33(29)39-36(27)28)35-31(20-11-21-32(35)38-34)37(25-14-6-2-7-15-25)26-16-8-3-9-17-26/h1-23H. The zero-order valence-corrected chi connectivity index (χ0v) is 21.0. The van der Waals surface area contributed by atoms with E-state index in [9.17, 15) is 0 Å². The smallest absolute Gasteiger partial charge is 0.143 e. The highest BCUT2D eigenvalue weighted by Crippen LogP contribution is 2.45. The van der Waals surface area contributed by atoms with E-state index in [0.717, 1.165) is 72.1 Å². The third-order valence-corrected chi connectivity index (χ3v) is 7.45. The molecule has 184 valence electrons. The monoisotopic (exact) mass is 501 g/mol. The third kappa shape index (κ3) is 3.44. The van der Waals surface area contributed by atoms with Gasteiger partial charge in [0.2, 0.25) is 0 Å². The molecule has 2 aromatic heterocycles. The van der Waals surface area contributed by atoms with Crippen LogP contribution < -0.4 is 4.90 Å². The van der Waals surface area contributed by atoms with Gasteiger partial charge in [-0.05, 0) is 54.1 Å². The summed E-state index contributed by atoms with van der Waals surface area (Å²) in [6, 6.07) is 48.2. The highest BCUT2D eigenvalue weighted by atomic mass is 16.3. The summed E-state index contributed by atoms with van der Waals surface area (Å²) in [6.07, 6.45) is 0. The Balaban J connectivity index is 1.41. The van der Waals surface area contributed by atoms with Crippen molar-refractivity contribution < 1.29 is 8.83 Å². The molecular formula is C36H23NO2. The topological polar surface area (TPSA) is 29.5 Å². The molecule has 0 amide bonds. The van der Waals surface area contributed by atoms with Crippen LogP contribution in [0.4, 0.5) is 17.1 Å². The van der Waals surface area contributed by atoms with Gasteiger partial charge in [-0.2, -0.15) is 0 Å². The molecule has 0 aliphatic rings. The fourth-order valence-electron chi connectivity index (χ4n) is 5.71. The molecule has 0 N–H and O–H groups in total. The van der Waals surface area contributed by atoms with Crippen LogP contribution in [0.25, 0.3) is 55.0 Å². The van der Waals surface area contributed by atoms with Crippen LogP contribution in [0.15, 0.2) is 148 Å². The zero-order valence-electron chi connectivity index (χ0n) is 21.0. The minimum Gasteiger partial charge on any atom is -0.456 e. The minimum absolute atomic E-state index is 0.846. The Morgan fingerprint density at radius 2 is 1.05 bits per heavy atom. The van der Waals surface area contributed by atoms with Gasteiger partial charge >= 0.3 is 0 Å². The van der Waals surface area contributed by atoms with E-state index in [-0.39, 0.29) is 0 Å². The molecule has 0 saturated heterocycles. The number of fused-ring (bicyclic) bond motifs is 6. The molecule has 0 unspecified atom stereocenters. The number of anilines is 3. The van der Waals surface area contributed by atoms with E-state index in [0.29, 0.717) is 0 Å². The Hall–Kier alpha value is -5.28. The van der Waals surface area contributed by atoms with Crippen molar-refractivity contribution in [3.63, 3.8) is 0 Å². The third-order valence-electron chi connectivity index (χ3n) is 7.45. The predicted octanol–water partition coefficient (Wildman–Crippen LogP) is 10.6. The Labute approximate surface area is 225 Å². The first-order valence-corrected chi connectivity index (χ1v) is 13.1. The second-order valence-corrected chi connectivity index (χ2v) is 9.75. The SMILES string of the molecule is c1ccc(-c2cccc3c2oc2cc4c(cc23)oc2cccc(N(c3ccccc3)c3ccccc3)c24)cc1. The molecule has 0 fully saturated rings. The van der Waals surface area contributed by atoms with Crippen LogP contribution >= 0.6 is 0 Å².